The maximum atomic E-state index is 5.68. The van der Waals surface area contributed by atoms with Gasteiger partial charge in [-0.1, -0.05) is 24.3 Å². The first-order chi connectivity index (χ1) is 19.5. The van der Waals surface area contributed by atoms with E-state index in [9.17, 15) is 0 Å². The number of benzene rings is 4. The summed E-state index contributed by atoms with van der Waals surface area (Å²) >= 11 is 0. The smallest absolute Gasteiger partial charge is 0.122 e. The quantitative estimate of drug-likeness (QED) is 0.212. The van der Waals surface area contributed by atoms with E-state index in [4.69, 9.17) is 28.4 Å². The van der Waals surface area contributed by atoms with Gasteiger partial charge >= 0.3 is 0 Å². The Morgan fingerprint density at radius 2 is 0.550 bits per heavy atom. The van der Waals surface area contributed by atoms with Gasteiger partial charge in [-0.25, -0.2) is 0 Å². The molecule has 6 nitrogen and oxygen atoms in total. The molecule has 0 radical (unpaired) electrons. The zero-order chi connectivity index (χ0) is 28.2. The third kappa shape index (κ3) is 5.14. The van der Waals surface area contributed by atoms with Gasteiger partial charge in [0.05, 0.1) is 42.7 Å². The van der Waals surface area contributed by atoms with Crippen LogP contribution in [0.5, 0.6) is 34.5 Å². The normalized spacial score (nSPS) is 19.8. The van der Waals surface area contributed by atoms with Crippen LogP contribution in [0.3, 0.4) is 0 Å². The van der Waals surface area contributed by atoms with E-state index >= 15 is 0 Å². The summed E-state index contributed by atoms with van der Waals surface area (Å²) in [5, 5.41) is 0. The summed E-state index contributed by atoms with van der Waals surface area (Å²) in [5.74, 6) is 5.28. The van der Waals surface area contributed by atoms with Gasteiger partial charge in [0.25, 0.3) is 0 Å². The van der Waals surface area contributed by atoms with Crippen LogP contribution < -0.4 is 28.4 Å². The molecule has 0 saturated heterocycles. The average molecular weight is 541 g/mol. The molecule has 0 bridgehead atoms. The molecular weight excluding hydrogens is 504 g/mol. The van der Waals surface area contributed by atoms with E-state index in [2.05, 4.69) is 48.5 Å². The van der Waals surface area contributed by atoms with Crippen LogP contribution >= 0.6 is 0 Å². The van der Waals surface area contributed by atoms with Gasteiger partial charge < -0.3 is 28.4 Å². The van der Waals surface area contributed by atoms with Crippen molar-refractivity contribution in [3.8, 4) is 34.5 Å². The summed E-state index contributed by atoms with van der Waals surface area (Å²) in [6.07, 6.45) is 0. The molecule has 0 spiro atoms. The van der Waals surface area contributed by atoms with E-state index in [0.29, 0.717) is 0 Å². The van der Waals surface area contributed by atoms with E-state index in [1.807, 2.05) is 36.4 Å². The lowest BCUT2D eigenvalue weighted by Gasteiger charge is -2.54. The molecule has 6 heteroatoms. The van der Waals surface area contributed by atoms with Crippen molar-refractivity contribution in [2.24, 2.45) is 0 Å². The van der Waals surface area contributed by atoms with E-state index in [1.54, 1.807) is 42.7 Å². The number of hydrogen-bond acceptors (Lipinski definition) is 6. The monoisotopic (exact) mass is 540 g/mol. The van der Waals surface area contributed by atoms with Crippen molar-refractivity contribution in [1.82, 2.24) is 0 Å². The van der Waals surface area contributed by atoms with Crippen molar-refractivity contribution >= 4 is 0 Å². The van der Waals surface area contributed by atoms with Crippen LogP contribution in [0.25, 0.3) is 0 Å². The van der Waals surface area contributed by atoms with Crippen LogP contribution in [0.4, 0.5) is 0 Å². The summed E-state index contributed by atoms with van der Waals surface area (Å²) in [6.45, 7) is 0. The van der Waals surface area contributed by atoms with Crippen LogP contribution in [0.1, 0.15) is 45.9 Å². The van der Waals surface area contributed by atoms with Crippen molar-refractivity contribution in [1.29, 1.82) is 0 Å². The number of hydrogen-bond donors (Lipinski definition) is 0. The third-order valence-electron chi connectivity index (χ3n) is 8.07. The molecule has 0 amide bonds. The Hall–Kier alpha value is -4.32. The minimum atomic E-state index is 0.132. The first kappa shape index (κ1) is 27.3. The van der Waals surface area contributed by atoms with Crippen LogP contribution in [0, 0.1) is 0 Å². The minimum Gasteiger partial charge on any atom is -0.497 e. The molecule has 4 aromatic carbocycles. The van der Waals surface area contributed by atoms with Crippen molar-refractivity contribution < 1.29 is 28.4 Å². The Bertz CT molecular complexity index is 1270. The Labute approximate surface area is 236 Å². The zero-order valence-electron chi connectivity index (χ0n) is 23.8. The molecule has 4 aromatic rings. The predicted molar refractivity (Wildman–Crippen MR) is 156 cm³/mol. The topological polar surface area (TPSA) is 55.4 Å². The molecule has 0 N–H and O–H groups in total. The Morgan fingerprint density at radius 1 is 0.300 bits per heavy atom. The second-order valence-corrected chi connectivity index (χ2v) is 9.94. The van der Waals surface area contributed by atoms with Crippen molar-refractivity contribution in [2.45, 2.75) is 23.7 Å². The Balaban J connectivity index is 1.73. The lowest BCUT2D eigenvalue weighted by Crippen LogP contribution is -2.40. The molecule has 0 aliphatic heterocycles. The fourth-order valence-electron chi connectivity index (χ4n) is 6.10. The SMILES string of the molecule is COc1ccc(C2C(c3cc(OC)cc(OC)c3)C(c3ccc(OC)cc3)C2c2cc(OC)cc(OC)c2)cc1. The average Bonchev–Trinajstić information content (AvgIpc) is 3.00. The maximum absolute atomic E-state index is 5.68. The van der Waals surface area contributed by atoms with Gasteiger partial charge in [-0.3, -0.25) is 0 Å². The van der Waals surface area contributed by atoms with Gasteiger partial charge in [0.1, 0.15) is 34.5 Å². The summed E-state index contributed by atoms with van der Waals surface area (Å²) in [5.41, 5.74) is 4.76. The molecule has 5 rings (SSSR count). The van der Waals surface area contributed by atoms with Crippen LogP contribution in [0.2, 0.25) is 0 Å². The molecule has 0 unspecified atom stereocenters. The van der Waals surface area contributed by atoms with Gasteiger partial charge in [0.15, 0.2) is 0 Å². The lowest BCUT2D eigenvalue weighted by molar-refractivity contribution is 0.226. The van der Waals surface area contributed by atoms with Crippen molar-refractivity contribution in [3.05, 3.63) is 107 Å². The largest absolute Gasteiger partial charge is 0.497 e. The molecule has 1 saturated carbocycles. The molecule has 1 aliphatic rings. The van der Waals surface area contributed by atoms with E-state index in [-0.39, 0.29) is 23.7 Å². The molecule has 0 heterocycles. The highest BCUT2D eigenvalue weighted by molar-refractivity contribution is 5.54. The Kier molecular flexibility index (Phi) is 8.06. The van der Waals surface area contributed by atoms with Gasteiger partial charge in [-0.05, 0) is 94.5 Å². The molecular formula is C34H36O6. The van der Waals surface area contributed by atoms with Crippen molar-refractivity contribution in [2.75, 3.05) is 42.7 Å². The molecule has 208 valence electrons. The summed E-state index contributed by atoms with van der Waals surface area (Å²) in [4.78, 5) is 0. The van der Waals surface area contributed by atoms with Crippen LogP contribution in [-0.4, -0.2) is 42.7 Å². The molecule has 1 fully saturated rings. The first-order valence-corrected chi connectivity index (χ1v) is 13.3. The highest BCUT2D eigenvalue weighted by Gasteiger charge is 2.53. The minimum absolute atomic E-state index is 0.132. The zero-order valence-corrected chi connectivity index (χ0v) is 23.8. The number of methoxy groups -OCH3 is 6. The van der Waals surface area contributed by atoms with Crippen LogP contribution in [0.15, 0.2) is 84.9 Å². The predicted octanol–water partition coefficient (Wildman–Crippen LogP) is 7.19. The van der Waals surface area contributed by atoms with E-state index in [1.165, 1.54) is 11.1 Å². The lowest BCUT2D eigenvalue weighted by atomic mass is 9.49. The van der Waals surface area contributed by atoms with Crippen LogP contribution in [-0.2, 0) is 0 Å². The van der Waals surface area contributed by atoms with Gasteiger partial charge in [-0.2, -0.15) is 0 Å². The summed E-state index contributed by atoms with van der Waals surface area (Å²) in [7, 11) is 10.1. The van der Waals surface area contributed by atoms with Gasteiger partial charge in [0.2, 0.25) is 0 Å². The second kappa shape index (κ2) is 11.8. The highest BCUT2D eigenvalue weighted by atomic mass is 16.5. The molecule has 0 aromatic heterocycles. The van der Waals surface area contributed by atoms with Crippen molar-refractivity contribution in [3.63, 3.8) is 0 Å². The van der Waals surface area contributed by atoms with Gasteiger partial charge in [-0.15, -0.1) is 0 Å². The fourth-order valence-corrected chi connectivity index (χ4v) is 6.10. The van der Waals surface area contributed by atoms with E-state index in [0.717, 1.165) is 45.6 Å². The third-order valence-corrected chi connectivity index (χ3v) is 8.07. The molecule has 40 heavy (non-hydrogen) atoms. The highest BCUT2D eigenvalue weighted by Crippen LogP contribution is 2.67. The van der Waals surface area contributed by atoms with E-state index < -0.39 is 0 Å². The number of ether oxygens (including phenoxy) is 6. The second-order valence-electron chi connectivity index (χ2n) is 9.94. The number of rotatable bonds is 10. The maximum Gasteiger partial charge on any atom is 0.122 e. The fraction of sp³-hybridized carbons (Fsp3) is 0.294. The summed E-state index contributed by atoms with van der Waals surface area (Å²) in [6, 6.07) is 29.1. The molecule has 1 aliphatic carbocycles. The van der Waals surface area contributed by atoms with Gasteiger partial charge in [0, 0.05) is 12.1 Å². The molecule has 0 atom stereocenters. The first-order valence-electron chi connectivity index (χ1n) is 13.3. The standard InChI is InChI=1S/C34H36O6/c1-35-25-11-7-21(8-12-25)31-33(23-15-27(37-3)19-28(16-23)38-4)32(22-9-13-26(36-2)14-10-22)34(31)24-17-29(39-5)20-30(18-24)40-6/h7-20,31-34H,1-6H3. The summed E-state index contributed by atoms with van der Waals surface area (Å²) < 4.78 is 33.7. The Morgan fingerprint density at radius 3 is 0.800 bits per heavy atom.